The molecule has 0 spiro atoms. The lowest BCUT2D eigenvalue weighted by molar-refractivity contribution is 0.1000. The van der Waals surface area contributed by atoms with Gasteiger partial charge in [-0.2, -0.15) is 5.10 Å². The fourth-order valence-electron chi connectivity index (χ4n) is 3.68. The van der Waals surface area contributed by atoms with E-state index in [1.165, 1.54) is 12.5 Å². The van der Waals surface area contributed by atoms with E-state index in [0.29, 0.717) is 27.9 Å². The lowest BCUT2D eigenvalue weighted by atomic mass is 10.0. The van der Waals surface area contributed by atoms with Gasteiger partial charge >= 0.3 is 0 Å². The van der Waals surface area contributed by atoms with Gasteiger partial charge in [0.05, 0.1) is 28.9 Å². The van der Waals surface area contributed by atoms with E-state index in [-0.39, 0.29) is 11.5 Å². The number of aromatic amines is 1. The van der Waals surface area contributed by atoms with Gasteiger partial charge in [-0.3, -0.25) is 14.7 Å². The van der Waals surface area contributed by atoms with Crippen molar-refractivity contribution in [2.75, 3.05) is 5.32 Å². The lowest BCUT2D eigenvalue weighted by Gasteiger charge is -2.16. The van der Waals surface area contributed by atoms with Crippen molar-refractivity contribution in [2.24, 2.45) is 5.73 Å². The number of hydrogen-bond acceptors (Lipinski definition) is 6. The van der Waals surface area contributed by atoms with Gasteiger partial charge in [0.25, 0.3) is 0 Å². The molecule has 8 heteroatoms. The van der Waals surface area contributed by atoms with E-state index in [4.69, 9.17) is 10.2 Å². The van der Waals surface area contributed by atoms with Crippen LogP contribution in [0.25, 0.3) is 33.0 Å². The standard InChI is InChI=1S/C24H19N5O3/c1-13(14-3-2-4-16(7-14)24(25)31)28-22-9-18-21(11-26-22)32-12-19(23(18)30)15-5-6-17-10-27-29-20(17)8-15/h2-13H,1H3,(H2,25,31)(H,26,28)(H,27,29)/t13-/m0/s1. The Bertz CT molecular complexity index is 1540. The van der Waals surface area contributed by atoms with Gasteiger partial charge in [-0.15, -0.1) is 0 Å². The van der Waals surface area contributed by atoms with Gasteiger partial charge < -0.3 is 15.5 Å². The molecule has 0 aliphatic carbocycles. The van der Waals surface area contributed by atoms with Crippen LogP contribution in [0.1, 0.15) is 28.9 Å². The number of carbonyl (C=O) groups excluding carboxylic acids is 1. The number of aromatic nitrogens is 3. The number of nitrogens with one attached hydrogen (secondary N) is 2. The van der Waals surface area contributed by atoms with Gasteiger partial charge in [0, 0.05) is 17.0 Å². The first-order valence-corrected chi connectivity index (χ1v) is 10.0. The van der Waals surface area contributed by atoms with Crippen LogP contribution >= 0.6 is 0 Å². The second-order valence-corrected chi connectivity index (χ2v) is 7.57. The van der Waals surface area contributed by atoms with E-state index < -0.39 is 5.91 Å². The predicted octanol–water partition coefficient (Wildman–Crippen LogP) is 4.00. The molecule has 8 nitrogen and oxygen atoms in total. The average molecular weight is 425 g/mol. The Morgan fingerprint density at radius 2 is 2.03 bits per heavy atom. The Morgan fingerprint density at radius 3 is 2.88 bits per heavy atom. The zero-order chi connectivity index (χ0) is 22.2. The Kier molecular flexibility index (Phi) is 4.67. The number of primary amides is 1. The lowest BCUT2D eigenvalue weighted by Crippen LogP contribution is -2.13. The molecule has 5 rings (SSSR count). The molecule has 0 radical (unpaired) electrons. The third-order valence-electron chi connectivity index (χ3n) is 5.45. The summed E-state index contributed by atoms with van der Waals surface area (Å²) in [5.41, 5.74) is 8.96. The molecule has 3 aromatic heterocycles. The molecule has 0 fully saturated rings. The number of anilines is 1. The Labute approximate surface area is 182 Å². The highest BCUT2D eigenvalue weighted by atomic mass is 16.3. The highest BCUT2D eigenvalue weighted by molar-refractivity contribution is 5.93. The predicted molar refractivity (Wildman–Crippen MR) is 122 cm³/mol. The average Bonchev–Trinajstić information content (AvgIpc) is 3.27. The largest absolute Gasteiger partial charge is 0.462 e. The number of nitrogens with zero attached hydrogens (tertiary/aromatic N) is 2. The zero-order valence-electron chi connectivity index (χ0n) is 17.1. The number of amides is 1. The minimum Gasteiger partial charge on any atom is -0.462 e. The highest BCUT2D eigenvalue weighted by Crippen LogP contribution is 2.25. The highest BCUT2D eigenvalue weighted by Gasteiger charge is 2.13. The smallest absolute Gasteiger partial charge is 0.248 e. The molecule has 0 aliphatic heterocycles. The van der Waals surface area contributed by atoms with E-state index in [0.717, 1.165) is 22.0 Å². The Balaban J connectivity index is 1.50. The summed E-state index contributed by atoms with van der Waals surface area (Å²) < 4.78 is 5.69. The molecule has 3 heterocycles. The van der Waals surface area contributed by atoms with Crippen LogP contribution < -0.4 is 16.5 Å². The molecule has 0 aliphatic rings. The van der Waals surface area contributed by atoms with Crippen LogP contribution in [0, 0.1) is 0 Å². The second kappa shape index (κ2) is 7.66. The maximum Gasteiger partial charge on any atom is 0.248 e. The molecule has 1 amide bonds. The number of rotatable bonds is 5. The van der Waals surface area contributed by atoms with E-state index in [9.17, 15) is 9.59 Å². The van der Waals surface area contributed by atoms with Gasteiger partial charge in [0.15, 0.2) is 5.58 Å². The van der Waals surface area contributed by atoms with Crippen LogP contribution in [-0.4, -0.2) is 21.1 Å². The summed E-state index contributed by atoms with van der Waals surface area (Å²) in [6.45, 7) is 1.94. The van der Waals surface area contributed by atoms with Gasteiger partial charge in [-0.1, -0.05) is 24.3 Å². The van der Waals surface area contributed by atoms with Gasteiger partial charge in [0.1, 0.15) is 12.1 Å². The first-order chi connectivity index (χ1) is 15.5. The summed E-state index contributed by atoms with van der Waals surface area (Å²) in [6, 6.07) is 14.2. The fraction of sp³-hybridized carbons (Fsp3) is 0.0833. The molecule has 158 valence electrons. The van der Waals surface area contributed by atoms with E-state index in [2.05, 4.69) is 20.5 Å². The zero-order valence-corrected chi connectivity index (χ0v) is 17.1. The minimum absolute atomic E-state index is 0.154. The molecule has 32 heavy (non-hydrogen) atoms. The molecule has 0 bridgehead atoms. The summed E-state index contributed by atoms with van der Waals surface area (Å²) in [6.07, 6.45) is 4.70. The molecule has 5 aromatic rings. The van der Waals surface area contributed by atoms with Crippen molar-refractivity contribution in [3.8, 4) is 11.1 Å². The van der Waals surface area contributed by atoms with E-state index >= 15 is 0 Å². The van der Waals surface area contributed by atoms with Crippen LogP contribution in [0.5, 0.6) is 0 Å². The monoisotopic (exact) mass is 425 g/mol. The van der Waals surface area contributed by atoms with Crippen molar-refractivity contribution in [3.63, 3.8) is 0 Å². The van der Waals surface area contributed by atoms with E-state index in [1.54, 1.807) is 30.5 Å². The number of benzene rings is 2. The molecule has 0 saturated heterocycles. The number of hydrogen-bond donors (Lipinski definition) is 3. The van der Waals surface area contributed by atoms with Gasteiger partial charge in [-0.05, 0) is 42.3 Å². The SMILES string of the molecule is C[C@H](Nc1cc2c(=O)c(-c3ccc4cn[nH]c4c3)coc2cn1)c1cccc(C(N)=O)c1. The first-order valence-electron chi connectivity index (χ1n) is 10.0. The molecule has 1 atom stereocenters. The van der Waals surface area contributed by atoms with Crippen LogP contribution in [-0.2, 0) is 0 Å². The number of pyridine rings is 1. The Hall–Kier alpha value is -4.46. The van der Waals surface area contributed by atoms with Crippen LogP contribution in [0.15, 0.2) is 76.4 Å². The number of H-pyrrole nitrogens is 1. The topological polar surface area (TPSA) is 127 Å². The quantitative estimate of drug-likeness (QED) is 0.391. The normalized spacial score (nSPS) is 12.2. The molecule has 0 unspecified atom stereocenters. The molecule has 4 N–H and O–H groups in total. The third kappa shape index (κ3) is 3.47. The first kappa shape index (κ1) is 19.5. The van der Waals surface area contributed by atoms with Crippen molar-refractivity contribution in [1.82, 2.24) is 15.2 Å². The minimum atomic E-state index is -0.485. The van der Waals surface area contributed by atoms with Gasteiger partial charge in [-0.25, -0.2) is 4.98 Å². The van der Waals surface area contributed by atoms with Crippen LogP contribution in [0.4, 0.5) is 5.82 Å². The fourth-order valence-corrected chi connectivity index (χ4v) is 3.68. The molecule has 2 aromatic carbocycles. The summed E-state index contributed by atoms with van der Waals surface area (Å²) in [4.78, 5) is 29.1. The van der Waals surface area contributed by atoms with Crippen molar-refractivity contribution < 1.29 is 9.21 Å². The molecular formula is C24H19N5O3. The summed E-state index contributed by atoms with van der Waals surface area (Å²) >= 11 is 0. The van der Waals surface area contributed by atoms with E-state index in [1.807, 2.05) is 31.2 Å². The number of fused-ring (bicyclic) bond motifs is 2. The number of carbonyl (C=O) groups is 1. The summed E-state index contributed by atoms with van der Waals surface area (Å²) in [5.74, 6) is 0.0317. The van der Waals surface area contributed by atoms with Crippen molar-refractivity contribution in [2.45, 2.75) is 13.0 Å². The van der Waals surface area contributed by atoms with Crippen LogP contribution in [0.3, 0.4) is 0 Å². The summed E-state index contributed by atoms with van der Waals surface area (Å²) in [7, 11) is 0. The summed E-state index contributed by atoms with van der Waals surface area (Å²) in [5, 5.41) is 11.6. The van der Waals surface area contributed by atoms with Gasteiger partial charge in [0.2, 0.25) is 11.3 Å². The molecule has 0 saturated carbocycles. The van der Waals surface area contributed by atoms with Crippen LogP contribution in [0.2, 0.25) is 0 Å². The van der Waals surface area contributed by atoms with Crippen molar-refractivity contribution >= 4 is 33.6 Å². The number of nitrogens with two attached hydrogens (primary N) is 1. The molecular weight excluding hydrogens is 406 g/mol. The Morgan fingerprint density at radius 1 is 1.16 bits per heavy atom. The maximum atomic E-state index is 13.2. The van der Waals surface area contributed by atoms with Crippen molar-refractivity contribution in [1.29, 1.82) is 0 Å². The maximum absolute atomic E-state index is 13.2. The second-order valence-electron chi connectivity index (χ2n) is 7.57. The van der Waals surface area contributed by atoms with Crippen molar-refractivity contribution in [3.05, 3.63) is 88.5 Å². The third-order valence-corrected chi connectivity index (χ3v) is 5.45.